The van der Waals surface area contributed by atoms with Crippen LogP contribution >= 0.6 is 0 Å². The maximum Gasteiger partial charge on any atom is -0.0204 e. The minimum absolute atomic E-state index is 0.630. The highest BCUT2D eigenvalue weighted by Gasteiger charge is 1.95. The van der Waals surface area contributed by atoms with E-state index in [0.717, 1.165) is 12.8 Å². The van der Waals surface area contributed by atoms with Gasteiger partial charge in [0, 0.05) is 0 Å². The first-order chi connectivity index (χ1) is 5.74. The highest BCUT2D eigenvalue weighted by molar-refractivity contribution is 5.13. The second-order valence-corrected chi connectivity index (χ2v) is 3.05. The predicted octanol–water partition coefficient (Wildman–Crippen LogP) is 4.11. The highest BCUT2D eigenvalue weighted by atomic mass is 14.0. The van der Waals surface area contributed by atoms with Gasteiger partial charge >= 0.3 is 0 Å². The molecular weight excluding hydrogens is 144 g/mol. The Kier molecular flexibility index (Phi) is 6.45. The Bertz CT molecular complexity index is 163. The molecule has 0 saturated heterocycles. The van der Waals surface area contributed by atoms with Crippen molar-refractivity contribution in [2.45, 2.75) is 33.1 Å². The molecule has 0 aliphatic rings. The smallest absolute Gasteiger partial charge is 0.0204 e. The minimum atomic E-state index is 0.630. The van der Waals surface area contributed by atoms with Crippen LogP contribution in [0.2, 0.25) is 0 Å². The van der Waals surface area contributed by atoms with Crippen LogP contribution in [-0.4, -0.2) is 0 Å². The molecule has 0 aromatic carbocycles. The van der Waals surface area contributed by atoms with Gasteiger partial charge in [-0.05, 0) is 25.2 Å². The van der Waals surface area contributed by atoms with E-state index in [9.17, 15) is 0 Å². The summed E-state index contributed by atoms with van der Waals surface area (Å²) < 4.78 is 0. The van der Waals surface area contributed by atoms with E-state index in [1.54, 1.807) is 0 Å². The largest absolute Gasteiger partial charge is 0.103 e. The van der Waals surface area contributed by atoms with Crippen LogP contribution in [0.5, 0.6) is 0 Å². The summed E-state index contributed by atoms with van der Waals surface area (Å²) in [5.74, 6) is 0.630. The van der Waals surface area contributed by atoms with Crippen molar-refractivity contribution in [1.29, 1.82) is 0 Å². The molecule has 12 heavy (non-hydrogen) atoms. The predicted molar refractivity (Wildman–Crippen MR) is 57.2 cm³/mol. The molecule has 0 N–H and O–H groups in total. The van der Waals surface area contributed by atoms with Crippen molar-refractivity contribution in [2.24, 2.45) is 5.92 Å². The summed E-state index contributed by atoms with van der Waals surface area (Å²) >= 11 is 0. The third kappa shape index (κ3) is 4.95. The van der Waals surface area contributed by atoms with Gasteiger partial charge in [-0.15, -0.1) is 6.58 Å². The first-order valence-electron chi connectivity index (χ1n) is 4.71. The molecule has 0 saturated carbocycles. The van der Waals surface area contributed by atoms with E-state index in [1.165, 1.54) is 12.0 Å². The summed E-state index contributed by atoms with van der Waals surface area (Å²) in [7, 11) is 0. The summed E-state index contributed by atoms with van der Waals surface area (Å²) in [5.41, 5.74) is 1.20. The van der Waals surface area contributed by atoms with Crippen molar-refractivity contribution in [3.63, 3.8) is 0 Å². The second kappa shape index (κ2) is 6.90. The van der Waals surface area contributed by atoms with Crippen LogP contribution in [0.25, 0.3) is 0 Å². The van der Waals surface area contributed by atoms with Crippen LogP contribution < -0.4 is 0 Å². The first kappa shape index (κ1) is 11.2. The van der Waals surface area contributed by atoms with E-state index < -0.39 is 0 Å². The van der Waals surface area contributed by atoms with Gasteiger partial charge < -0.3 is 0 Å². The number of rotatable bonds is 6. The van der Waals surface area contributed by atoms with Gasteiger partial charge in [0.05, 0.1) is 0 Å². The van der Waals surface area contributed by atoms with Crippen LogP contribution in [0.3, 0.4) is 0 Å². The van der Waals surface area contributed by atoms with Crippen LogP contribution in [0.15, 0.2) is 37.0 Å². The fraction of sp³-hybridized carbons (Fsp3) is 0.500. The molecule has 68 valence electrons. The second-order valence-electron chi connectivity index (χ2n) is 3.05. The maximum absolute atomic E-state index is 3.91. The molecule has 0 spiro atoms. The molecule has 0 fully saturated rings. The van der Waals surface area contributed by atoms with Crippen molar-refractivity contribution < 1.29 is 0 Å². The quantitative estimate of drug-likeness (QED) is 0.409. The third-order valence-electron chi connectivity index (χ3n) is 2.10. The van der Waals surface area contributed by atoms with Gasteiger partial charge in [-0.3, -0.25) is 0 Å². The number of allylic oxidation sites excluding steroid dienone is 4. The lowest BCUT2D eigenvalue weighted by Crippen LogP contribution is -1.90. The molecule has 1 atom stereocenters. The van der Waals surface area contributed by atoms with Crippen molar-refractivity contribution in [3.8, 4) is 0 Å². The Morgan fingerprint density at radius 1 is 1.42 bits per heavy atom. The van der Waals surface area contributed by atoms with Gasteiger partial charge in [-0.2, -0.15) is 0 Å². The lowest BCUT2D eigenvalue weighted by molar-refractivity contribution is 0.639. The minimum Gasteiger partial charge on any atom is -0.103 e. The lowest BCUT2D eigenvalue weighted by Gasteiger charge is -2.04. The van der Waals surface area contributed by atoms with E-state index in [1.807, 2.05) is 6.08 Å². The monoisotopic (exact) mass is 164 g/mol. The Hall–Kier alpha value is -0.780. The SMILES string of the molecule is C=CC(CC)CC=CC(=C)CC. The van der Waals surface area contributed by atoms with Gasteiger partial charge in [-0.25, -0.2) is 0 Å². The van der Waals surface area contributed by atoms with Gasteiger partial charge in [0.1, 0.15) is 0 Å². The Morgan fingerprint density at radius 2 is 2.08 bits per heavy atom. The average molecular weight is 164 g/mol. The van der Waals surface area contributed by atoms with Crippen molar-refractivity contribution >= 4 is 0 Å². The van der Waals surface area contributed by atoms with Gasteiger partial charge in [0.2, 0.25) is 0 Å². The van der Waals surface area contributed by atoms with Gasteiger partial charge in [0.25, 0.3) is 0 Å². The standard InChI is InChI=1S/C12H20/c1-5-11(4)9-8-10-12(6-2)7-3/h6,8-9,12H,2,4-5,7,10H2,1,3H3. The molecule has 0 amide bonds. The van der Waals surface area contributed by atoms with Gasteiger partial charge in [-0.1, -0.05) is 44.2 Å². The zero-order valence-electron chi connectivity index (χ0n) is 8.34. The normalized spacial score (nSPS) is 13.2. The van der Waals surface area contributed by atoms with E-state index >= 15 is 0 Å². The third-order valence-corrected chi connectivity index (χ3v) is 2.10. The van der Waals surface area contributed by atoms with E-state index in [4.69, 9.17) is 0 Å². The molecule has 0 aromatic rings. The molecule has 0 aliphatic carbocycles. The van der Waals surface area contributed by atoms with Crippen LogP contribution in [-0.2, 0) is 0 Å². The Morgan fingerprint density at radius 3 is 2.50 bits per heavy atom. The number of hydrogen-bond acceptors (Lipinski definition) is 0. The zero-order valence-corrected chi connectivity index (χ0v) is 8.34. The molecule has 0 rings (SSSR count). The molecule has 0 radical (unpaired) electrons. The van der Waals surface area contributed by atoms with Crippen molar-refractivity contribution in [2.75, 3.05) is 0 Å². The number of hydrogen-bond donors (Lipinski definition) is 0. The zero-order chi connectivity index (χ0) is 9.40. The van der Waals surface area contributed by atoms with Crippen LogP contribution in [0.1, 0.15) is 33.1 Å². The summed E-state index contributed by atoms with van der Waals surface area (Å²) in [6.07, 6.45) is 9.65. The fourth-order valence-corrected chi connectivity index (χ4v) is 0.957. The van der Waals surface area contributed by atoms with Crippen molar-refractivity contribution in [3.05, 3.63) is 37.0 Å². The molecule has 0 bridgehead atoms. The first-order valence-corrected chi connectivity index (χ1v) is 4.71. The molecule has 0 aromatic heterocycles. The fourth-order valence-electron chi connectivity index (χ4n) is 0.957. The summed E-state index contributed by atoms with van der Waals surface area (Å²) in [4.78, 5) is 0. The highest BCUT2D eigenvalue weighted by Crippen LogP contribution is 2.10. The van der Waals surface area contributed by atoms with E-state index in [-0.39, 0.29) is 0 Å². The summed E-state index contributed by atoms with van der Waals surface area (Å²) in [6, 6.07) is 0. The van der Waals surface area contributed by atoms with Crippen LogP contribution in [0, 0.1) is 5.92 Å². The average Bonchev–Trinajstić information content (AvgIpc) is 2.12. The molecule has 1 unspecified atom stereocenters. The molecular formula is C12H20. The summed E-state index contributed by atoms with van der Waals surface area (Å²) in [5, 5.41) is 0. The molecule has 0 heteroatoms. The van der Waals surface area contributed by atoms with Gasteiger partial charge in [0.15, 0.2) is 0 Å². The lowest BCUT2D eigenvalue weighted by atomic mass is 10.0. The Labute approximate surface area is 76.7 Å². The van der Waals surface area contributed by atoms with Crippen molar-refractivity contribution in [1.82, 2.24) is 0 Å². The molecule has 0 aliphatic heterocycles. The topological polar surface area (TPSA) is 0 Å². The molecule has 0 heterocycles. The molecule has 0 nitrogen and oxygen atoms in total. The Balaban J connectivity index is 3.71. The van der Waals surface area contributed by atoms with Crippen LogP contribution in [0.4, 0.5) is 0 Å². The summed E-state index contributed by atoms with van der Waals surface area (Å²) in [6.45, 7) is 12.0. The maximum atomic E-state index is 3.91. The van der Waals surface area contributed by atoms with E-state index in [0.29, 0.717) is 5.92 Å². The van der Waals surface area contributed by atoms with E-state index in [2.05, 4.69) is 39.2 Å².